The molecule has 1 aromatic rings. The van der Waals surface area contributed by atoms with E-state index >= 15 is 0 Å². The summed E-state index contributed by atoms with van der Waals surface area (Å²) in [4.78, 5) is 3.94. The van der Waals surface area contributed by atoms with Gasteiger partial charge in [0.15, 0.2) is 5.82 Å². The Hall–Kier alpha value is -1.02. The molecule has 0 atom stereocenters. The van der Waals surface area contributed by atoms with Crippen LogP contribution >= 0.6 is 0 Å². The molecule has 0 aliphatic heterocycles. The number of ether oxygens (including phenoxy) is 3. The van der Waals surface area contributed by atoms with Crippen molar-refractivity contribution in [2.45, 2.75) is 26.2 Å². The van der Waals surface area contributed by atoms with Crippen LogP contribution in [0.15, 0.2) is 10.9 Å². The number of nitrogens with zero attached hydrogens (tertiary/aromatic N) is 2. The second kappa shape index (κ2) is 13.9. The third kappa shape index (κ3) is 11.3. The van der Waals surface area contributed by atoms with Crippen LogP contribution in [0.1, 0.15) is 25.6 Å². The first-order valence-electron chi connectivity index (χ1n) is 7.62. The van der Waals surface area contributed by atoms with Gasteiger partial charge in [-0.15, -0.1) is 0 Å². The highest BCUT2D eigenvalue weighted by Crippen LogP contribution is 1.89. The van der Waals surface area contributed by atoms with Crippen molar-refractivity contribution in [1.29, 1.82) is 0 Å². The molecule has 0 amide bonds. The van der Waals surface area contributed by atoms with Gasteiger partial charge in [0.1, 0.15) is 0 Å². The fourth-order valence-corrected chi connectivity index (χ4v) is 1.56. The molecule has 0 fully saturated rings. The Morgan fingerprint density at radius 3 is 2.38 bits per heavy atom. The van der Waals surface area contributed by atoms with Crippen molar-refractivity contribution in [1.82, 2.24) is 15.5 Å². The number of aromatic nitrogens is 2. The SMILES string of the molecule is CCCCOCCOCCOCCNCCc1ncon1. The number of unbranched alkanes of at least 4 members (excludes halogenated alkanes) is 1. The highest BCUT2D eigenvalue weighted by molar-refractivity contribution is 4.78. The van der Waals surface area contributed by atoms with Gasteiger partial charge < -0.3 is 24.1 Å². The molecule has 0 aromatic carbocycles. The maximum atomic E-state index is 5.44. The monoisotopic (exact) mass is 301 g/mol. The summed E-state index contributed by atoms with van der Waals surface area (Å²) in [6, 6.07) is 0. The zero-order valence-electron chi connectivity index (χ0n) is 12.9. The molecule has 0 saturated carbocycles. The first kappa shape index (κ1) is 18.0. The number of hydrogen-bond acceptors (Lipinski definition) is 7. The van der Waals surface area contributed by atoms with E-state index in [4.69, 9.17) is 14.2 Å². The molecular weight excluding hydrogens is 274 g/mol. The fraction of sp³-hybridized carbons (Fsp3) is 0.857. The first-order valence-corrected chi connectivity index (χ1v) is 7.62. The van der Waals surface area contributed by atoms with Crippen LogP contribution in [0.2, 0.25) is 0 Å². The molecular formula is C14H27N3O4. The molecule has 7 heteroatoms. The molecule has 0 unspecified atom stereocenters. The maximum Gasteiger partial charge on any atom is 0.213 e. The molecule has 1 rings (SSSR count). The minimum Gasteiger partial charge on any atom is -0.379 e. The standard InChI is InChI=1S/C14H27N3O4/c1-2-3-7-18-9-11-20-12-10-19-8-6-15-5-4-14-16-13-21-17-14/h13,15H,2-12H2,1H3. The highest BCUT2D eigenvalue weighted by atomic mass is 16.5. The fourth-order valence-electron chi connectivity index (χ4n) is 1.56. The summed E-state index contributed by atoms with van der Waals surface area (Å²) < 4.78 is 20.9. The van der Waals surface area contributed by atoms with Gasteiger partial charge in [-0.3, -0.25) is 0 Å². The summed E-state index contributed by atoms with van der Waals surface area (Å²) in [6.07, 6.45) is 4.38. The van der Waals surface area contributed by atoms with Crippen molar-refractivity contribution in [2.75, 3.05) is 52.7 Å². The van der Waals surface area contributed by atoms with Crippen LogP contribution in [0.3, 0.4) is 0 Å². The van der Waals surface area contributed by atoms with Crippen LogP contribution in [0.5, 0.6) is 0 Å². The van der Waals surface area contributed by atoms with Crippen LogP contribution in [-0.2, 0) is 20.6 Å². The van der Waals surface area contributed by atoms with Crippen molar-refractivity contribution in [2.24, 2.45) is 0 Å². The molecule has 0 aliphatic rings. The van der Waals surface area contributed by atoms with Crippen LogP contribution in [0.4, 0.5) is 0 Å². The van der Waals surface area contributed by atoms with Crippen LogP contribution in [-0.4, -0.2) is 62.9 Å². The molecule has 1 N–H and O–H groups in total. The van der Waals surface area contributed by atoms with E-state index in [2.05, 4.69) is 26.9 Å². The summed E-state index contributed by atoms with van der Waals surface area (Å²) in [5.41, 5.74) is 0. The van der Waals surface area contributed by atoms with Crippen LogP contribution in [0, 0.1) is 0 Å². The normalized spacial score (nSPS) is 11.1. The van der Waals surface area contributed by atoms with Gasteiger partial charge in [0.2, 0.25) is 6.39 Å². The summed E-state index contributed by atoms with van der Waals surface area (Å²) >= 11 is 0. The van der Waals surface area contributed by atoms with Gasteiger partial charge in [0.05, 0.1) is 33.0 Å². The summed E-state index contributed by atoms with van der Waals surface area (Å²) in [7, 11) is 0. The molecule has 0 spiro atoms. The molecule has 0 bridgehead atoms. The Labute approximate surface area is 126 Å². The van der Waals surface area contributed by atoms with Gasteiger partial charge >= 0.3 is 0 Å². The molecule has 0 aliphatic carbocycles. The maximum absolute atomic E-state index is 5.44. The van der Waals surface area contributed by atoms with Gasteiger partial charge in [-0.25, -0.2) is 0 Å². The Bertz CT molecular complexity index is 309. The van der Waals surface area contributed by atoms with E-state index in [1.54, 1.807) is 0 Å². The Kier molecular flexibility index (Phi) is 12.0. The smallest absolute Gasteiger partial charge is 0.213 e. The Morgan fingerprint density at radius 2 is 1.71 bits per heavy atom. The van der Waals surface area contributed by atoms with Crippen molar-refractivity contribution < 1.29 is 18.7 Å². The molecule has 21 heavy (non-hydrogen) atoms. The molecule has 1 heterocycles. The second-order valence-corrected chi connectivity index (χ2v) is 4.54. The quantitative estimate of drug-likeness (QED) is 0.485. The van der Waals surface area contributed by atoms with Gasteiger partial charge in [-0.05, 0) is 6.42 Å². The predicted molar refractivity (Wildman–Crippen MR) is 78.2 cm³/mol. The van der Waals surface area contributed by atoms with E-state index in [9.17, 15) is 0 Å². The van der Waals surface area contributed by atoms with E-state index in [0.29, 0.717) is 33.0 Å². The molecule has 122 valence electrons. The van der Waals surface area contributed by atoms with E-state index in [1.165, 1.54) is 6.39 Å². The number of rotatable bonds is 15. The van der Waals surface area contributed by atoms with Crippen molar-refractivity contribution >= 4 is 0 Å². The first-order chi connectivity index (χ1) is 10.4. The van der Waals surface area contributed by atoms with E-state index < -0.39 is 0 Å². The van der Waals surface area contributed by atoms with Crippen molar-refractivity contribution in [3.8, 4) is 0 Å². The van der Waals surface area contributed by atoms with Crippen molar-refractivity contribution in [3.63, 3.8) is 0 Å². The largest absolute Gasteiger partial charge is 0.379 e. The topological polar surface area (TPSA) is 78.6 Å². The lowest BCUT2D eigenvalue weighted by Gasteiger charge is -2.07. The molecule has 0 radical (unpaired) electrons. The minimum absolute atomic E-state index is 0.611. The van der Waals surface area contributed by atoms with Crippen molar-refractivity contribution in [3.05, 3.63) is 12.2 Å². The van der Waals surface area contributed by atoms with Gasteiger partial charge in [0.25, 0.3) is 0 Å². The number of nitrogens with one attached hydrogen (secondary N) is 1. The van der Waals surface area contributed by atoms with E-state index in [0.717, 1.165) is 44.8 Å². The molecule has 7 nitrogen and oxygen atoms in total. The van der Waals surface area contributed by atoms with Crippen LogP contribution in [0.25, 0.3) is 0 Å². The lowest BCUT2D eigenvalue weighted by atomic mass is 10.4. The number of hydrogen-bond donors (Lipinski definition) is 1. The average Bonchev–Trinajstić information content (AvgIpc) is 3.01. The average molecular weight is 301 g/mol. The minimum atomic E-state index is 0.611. The summed E-state index contributed by atoms with van der Waals surface area (Å²) in [6.45, 7) is 7.79. The highest BCUT2D eigenvalue weighted by Gasteiger charge is 1.97. The van der Waals surface area contributed by atoms with E-state index in [1.807, 2.05) is 0 Å². The van der Waals surface area contributed by atoms with Gasteiger partial charge in [-0.1, -0.05) is 18.5 Å². The van der Waals surface area contributed by atoms with Gasteiger partial charge in [-0.2, -0.15) is 4.98 Å². The molecule has 0 saturated heterocycles. The third-order valence-corrected chi connectivity index (χ3v) is 2.74. The lowest BCUT2D eigenvalue weighted by Crippen LogP contribution is -2.23. The van der Waals surface area contributed by atoms with Gasteiger partial charge in [0, 0.05) is 26.1 Å². The zero-order valence-corrected chi connectivity index (χ0v) is 12.9. The second-order valence-electron chi connectivity index (χ2n) is 4.54. The summed E-state index contributed by atoms with van der Waals surface area (Å²) in [5.74, 6) is 0.720. The Balaban J connectivity index is 1.69. The Morgan fingerprint density at radius 1 is 1.00 bits per heavy atom. The van der Waals surface area contributed by atoms with E-state index in [-0.39, 0.29) is 0 Å². The zero-order chi connectivity index (χ0) is 15.0. The van der Waals surface area contributed by atoms with Crippen LogP contribution < -0.4 is 5.32 Å². The molecule has 1 aromatic heterocycles. The summed E-state index contributed by atoms with van der Waals surface area (Å²) in [5, 5.41) is 6.98. The third-order valence-electron chi connectivity index (χ3n) is 2.74. The predicted octanol–water partition coefficient (Wildman–Crippen LogP) is 1.05. The lowest BCUT2D eigenvalue weighted by molar-refractivity contribution is 0.0147.